The van der Waals surface area contributed by atoms with Crippen LogP contribution in [-0.2, 0) is 0 Å². The van der Waals surface area contributed by atoms with Gasteiger partial charge in [-0.2, -0.15) is 0 Å². The summed E-state index contributed by atoms with van der Waals surface area (Å²) in [5.41, 5.74) is 7.48. The van der Waals surface area contributed by atoms with Crippen molar-refractivity contribution >= 4 is 46.7 Å². The fourth-order valence-electron chi connectivity index (χ4n) is 1.61. The first kappa shape index (κ1) is 15.2. The van der Waals surface area contributed by atoms with Gasteiger partial charge in [-0.3, -0.25) is 0 Å². The van der Waals surface area contributed by atoms with Gasteiger partial charge in [0.25, 0.3) is 0 Å². The van der Waals surface area contributed by atoms with Gasteiger partial charge in [-0.15, -0.1) is 0 Å². The molecule has 0 aliphatic heterocycles. The maximum atomic E-state index is 11.7. The van der Waals surface area contributed by atoms with E-state index in [1.807, 2.05) is 12.1 Å². The molecule has 2 aromatic carbocycles. The summed E-state index contributed by atoms with van der Waals surface area (Å²) in [6.45, 7) is 0. The van der Waals surface area contributed by atoms with Gasteiger partial charge in [-0.25, -0.2) is 4.79 Å². The molecule has 0 saturated carbocycles. The molecule has 0 fully saturated rings. The number of rotatable bonds is 3. The van der Waals surface area contributed by atoms with Crippen LogP contribution in [0.3, 0.4) is 0 Å². The standard InChI is InChI=1S/C15H13Cl2N3O/c16-11-3-1-2-10(8-11)6-7-19-15(21)20-14-5-4-12(18)9-13(14)17/h1-9H,18H2,(H2,19,20,21)/b7-6+. The van der Waals surface area contributed by atoms with Crippen molar-refractivity contribution < 1.29 is 4.79 Å². The largest absolute Gasteiger partial charge is 0.399 e. The van der Waals surface area contributed by atoms with Crippen LogP contribution < -0.4 is 16.4 Å². The summed E-state index contributed by atoms with van der Waals surface area (Å²) in [6, 6.07) is 11.7. The van der Waals surface area contributed by atoms with Crippen molar-refractivity contribution in [1.29, 1.82) is 0 Å². The summed E-state index contributed by atoms with van der Waals surface area (Å²) in [7, 11) is 0. The first-order valence-corrected chi connectivity index (χ1v) is 6.85. The highest BCUT2D eigenvalue weighted by Crippen LogP contribution is 2.23. The Labute approximate surface area is 132 Å². The van der Waals surface area contributed by atoms with Crippen LogP contribution in [0.2, 0.25) is 10.0 Å². The lowest BCUT2D eigenvalue weighted by molar-refractivity contribution is 0.255. The van der Waals surface area contributed by atoms with Crippen LogP contribution in [0.25, 0.3) is 6.08 Å². The minimum atomic E-state index is -0.403. The molecule has 0 heterocycles. The highest BCUT2D eigenvalue weighted by Gasteiger charge is 2.04. The highest BCUT2D eigenvalue weighted by molar-refractivity contribution is 6.34. The number of nitrogen functional groups attached to an aromatic ring is 1. The number of hydrogen-bond donors (Lipinski definition) is 3. The Hall–Kier alpha value is -2.17. The maximum absolute atomic E-state index is 11.7. The van der Waals surface area contributed by atoms with Crippen molar-refractivity contribution in [3.63, 3.8) is 0 Å². The van der Waals surface area contributed by atoms with E-state index >= 15 is 0 Å². The molecule has 21 heavy (non-hydrogen) atoms. The lowest BCUT2D eigenvalue weighted by atomic mass is 10.2. The lowest BCUT2D eigenvalue weighted by Gasteiger charge is -2.07. The van der Waals surface area contributed by atoms with E-state index in [0.717, 1.165) is 5.56 Å². The second kappa shape index (κ2) is 7.02. The summed E-state index contributed by atoms with van der Waals surface area (Å²) in [5, 5.41) is 6.21. The van der Waals surface area contributed by atoms with E-state index < -0.39 is 6.03 Å². The second-order valence-corrected chi connectivity index (χ2v) is 5.07. The van der Waals surface area contributed by atoms with Crippen molar-refractivity contribution in [2.45, 2.75) is 0 Å². The Morgan fingerprint density at radius 3 is 2.67 bits per heavy atom. The molecule has 0 aliphatic carbocycles. The van der Waals surface area contributed by atoms with Gasteiger partial charge in [0.1, 0.15) is 0 Å². The third-order valence-electron chi connectivity index (χ3n) is 2.58. The van der Waals surface area contributed by atoms with E-state index in [2.05, 4.69) is 10.6 Å². The van der Waals surface area contributed by atoms with Crippen molar-refractivity contribution in [2.75, 3.05) is 11.1 Å². The number of anilines is 2. The number of amides is 2. The molecule has 0 saturated heterocycles. The van der Waals surface area contributed by atoms with Crippen LogP contribution in [0.15, 0.2) is 48.7 Å². The number of nitrogens with one attached hydrogen (secondary N) is 2. The van der Waals surface area contributed by atoms with E-state index in [1.165, 1.54) is 6.20 Å². The van der Waals surface area contributed by atoms with Crippen molar-refractivity contribution in [2.24, 2.45) is 0 Å². The normalized spacial score (nSPS) is 10.6. The highest BCUT2D eigenvalue weighted by atomic mass is 35.5. The summed E-state index contributed by atoms with van der Waals surface area (Å²) < 4.78 is 0. The zero-order valence-electron chi connectivity index (χ0n) is 10.9. The molecule has 2 rings (SSSR count). The minimum Gasteiger partial charge on any atom is -0.399 e. The van der Waals surface area contributed by atoms with Gasteiger partial charge in [-0.05, 0) is 42.0 Å². The van der Waals surface area contributed by atoms with Crippen molar-refractivity contribution in [3.8, 4) is 0 Å². The van der Waals surface area contributed by atoms with Gasteiger partial charge < -0.3 is 16.4 Å². The van der Waals surface area contributed by atoms with E-state index in [-0.39, 0.29) is 0 Å². The minimum absolute atomic E-state index is 0.379. The molecule has 0 spiro atoms. The van der Waals surface area contributed by atoms with Crippen LogP contribution in [0, 0.1) is 0 Å². The quantitative estimate of drug-likeness (QED) is 0.735. The Bertz CT molecular complexity index is 686. The second-order valence-electron chi connectivity index (χ2n) is 4.23. The fraction of sp³-hybridized carbons (Fsp3) is 0. The molecule has 6 heteroatoms. The summed E-state index contributed by atoms with van der Waals surface area (Å²) in [5.74, 6) is 0. The van der Waals surface area contributed by atoms with Gasteiger partial charge in [0, 0.05) is 16.9 Å². The smallest absolute Gasteiger partial charge is 0.323 e. The van der Waals surface area contributed by atoms with Crippen LogP contribution in [0.1, 0.15) is 5.56 Å². The number of benzene rings is 2. The van der Waals surface area contributed by atoms with Crippen LogP contribution in [0.5, 0.6) is 0 Å². The Kier molecular flexibility index (Phi) is 5.09. The number of carbonyl (C=O) groups excluding carboxylic acids is 1. The number of urea groups is 1. The monoisotopic (exact) mass is 321 g/mol. The van der Waals surface area contributed by atoms with Crippen molar-refractivity contribution in [1.82, 2.24) is 5.32 Å². The van der Waals surface area contributed by atoms with E-state index in [0.29, 0.717) is 21.4 Å². The molecule has 0 unspecified atom stereocenters. The first-order valence-electron chi connectivity index (χ1n) is 6.09. The van der Waals surface area contributed by atoms with Gasteiger partial charge in [0.05, 0.1) is 10.7 Å². The molecule has 4 N–H and O–H groups in total. The van der Waals surface area contributed by atoms with Gasteiger partial charge >= 0.3 is 6.03 Å². The summed E-state index contributed by atoms with van der Waals surface area (Å²) in [6.07, 6.45) is 3.25. The third-order valence-corrected chi connectivity index (χ3v) is 3.13. The Balaban J connectivity index is 1.93. The van der Waals surface area contributed by atoms with E-state index in [4.69, 9.17) is 28.9 Å². The molecular formula is C15H13Cl2N3O. The molecule has 0 aromatic heterocycles. The number of nitrogens with two attached hydrogens (primary N) is 1. The molecule has 0 aliphatic rings. The van der Waals surface area contributed by atoms with Crippen molar-refractivity contribution in [3.05, 3.63) is 64.3 Å². The molecule has 0 radical (unpaired) electrons. The summed E-state index contributed by atoms with van der Waals surface area (Å²) >= 11 is 11.8. The zero-order valence-corrected chi connectivity index (χ0v) is 12.4. The Morgan fingerprint density at radius 1 is 1.14 bits per heavy atom. The molecule has 0 atom stereocenters. The average molecular weight is 322 g/mol. The topological polar surface area (TPSA) is 67.1 Å². The van der Waals surface area contributed by atoms with Gasteiger partial charge in [-0.1, -0.05) is 35.3 Å². The first-order chi connectivity index (χ1) is 10.0. The maximum Gasteiger partial charge on any atom is 0.323 e. The molecule has 2 amide bonds. The predicted molar refractivity (Wildman–Crippen MR) is 88.5 cm³/mol. The lowest BCUT2D eigenvalue weighted by Crippen LogP contribution is -2.23. The average Bonchev–Trinajstić information content (AvgIpc) is 2.42. The van der Waals surface area contributed by atoms with E-state index in [1.54, 1.807) is 36.4 Å². The predicted octanol–water partition coefficient (Wildman–Crippen LogP) is 4.37. The SMILES string of the molecule is Nc1ccc(NC(=O)N/C=C/c2cccc(Cl)c2)c(Cl)c1. The van der Waals surface area contributed by atoms with Crippen LogP contribution >= 0.6 is 23.2 Å². The van der Waals surface area contributed by atoms with E-state index in [9.17, 15) is 4.79 Å². The molecule has 108 valence electrons. The molecule has 4 nitrogen and oxygen atoms in total. The zero-order chi connectivity index (χ0) is 15.2. The Morgan fingerprint density at radius 2 is 1.95 bits per heavy atom. The van der Waals surface area contributed by atoms with Crippen LogP contribution in [-0.4, -0.2) is 6.03 Å². The number of hydrogen-bond acceptors (Lipinski definition) is 2. The molecule has 2 aromatic rings. The fourth-order valence-corrected chi connectivity index (χ4v) is 2.05. The van der Waals surface area contributed by atoms with Gasteiger partial charge in [0.15, 0.2) is 0 Å². The van der Waals surface area contributed by atoms with Crippen LogP contribution in [0.4, 0.5) is 16.2 Å². The summed E-state index contributed by atoms with van der Waals surface area (Å²) in [4.78, 5) is 11.7. The number of halogens is 2. The molecular weight excluding hydrogens is 309 g/mol. The molecule has 0 bridgehead atoms. The number of carbonyl (C=O) groups is 1. The third kappa shape index (κ3) is 4.70. The van der Waals surface area contributed by atoms with Gasteiger partial charge in [0.2, 0.25) is 0 Å².